The molecule has 0 radical (unpaired) electrons. The monoisotopic (exact) mass is 366 g/mol. The van der Waals surface area contributed by atoms with Crippen molar-refractivity contribution in [2.45, 2.75) is 51.1 Å². The number of amides is 1. The van der Waals surface area contributed by atoms with Gasteiger partial charge in [0.2, 0.25) is 5.91 Å². The molecule has 3 N–H and O–H groups in total. The molecule has 1 aliphatic heterocycles. The molecule has 0 aliphatic carbocycles. The number of H-pyrrole nitrogens is 1. The summed E-state index contributed by atoms with van der Waals surface area (Å²) in [5.41, 5.74) is 7.74. The largest absolute Gasteiger partial charge is 0.341 e. The number of hydrogen-bond donors (Lipinski definition) is 2. The maximum Gasteiger partial charge on any atom is 0.326 e. The van der Waals surface area contributed by atoms with E-state index in [1.807, 2.05) is 33.7 Å². The van der Waals surface area contributed by atoms with E-state index in [-0.39, 0.29) is 30.0 Å². The highest BCUT2D eigenvalue weighted by molar-refractivity contribution is 5.85. The Kier molecular flexibility index (Phi) is 6.67. The number of likely N-dealkylation sites (tertiary alicyclic amines) is 1. The van der Waals surface area contributed by atoms with E-state index < -0.39 is 6.04 Å². The van der Waals surface area contributed by atoms with E-state index >= 15 is 0 Å². The molecule has 138 valence electrons. The third-order valence-corrected chi connectivity index (χ3v) is 4.95. The van der Waals surface area contributed by atoms with E-state index in [1.54, 1.807) is 0 Å². The first kappa shape index (κ1) is 19.5. The zero-order valence-electron chi connectivity index (χ0n) is 14.6. The third kappa shape index (κ3) is 4.07. The van der Waals surface area contributed by atoms with Crippen molar-refractivity contribution in [3.63, 3.8) is 0 Å². The third-order valence-electron chi connectivity index (χ3n) is 4.95. The van der Waals surface area contributed by atoms with Gasteiger partial charge < -0.3 is 15.6 Å². The van der Waals surface area contributed by atoms with Gasteiger partial charge in [-0.05, 0) is 31.4 Å². The van der Waals surface area contributed by atoms with Crippen LogP contribution in [0.2, 0.25) is 0 Å². The number of nitrogens with zero attached hydrogens (tertiary/aromatic N) is 2. The predicted octanol–water partition coefficient (Wildman–Crippen LogP) is 2.43. The number of nitrogens with two attached hydrogens (primary N) is 1. The zero-order chi connectivity index (χ0) is 17.1. The number of piperidine rings is 1. The fourth-order valence-corrected chi connectivity index (χ4v) is 3.56. The molecule has 7 heteroatoms. The van der Waals surface area contributed by atoms with Crippen LogP contribution in [0.3, 0.4) is 0 Å². The van der Waals surface area contributed by atoms with Crippen LogP contribution in [0.5, 0.6) is 0 Å². The van der Waals surface area contributed by atoms with Crippen molar-refractivity contribution in [1.29, 1.82) is 0 Å². The van der Waals surface area contributed by atoms with Crippen molar-refractivity contribution < 1.29 is 4.79 Å². The summed E-state index contributed by atoms with van der Waals surface area (Å²) in [6.07, 6.45) is 4.35. The van der Waals surface area contributed by atoms with Gasteiger partial charge in [-0.15, -0.1) is 12.4 Å². The molecule has 6 nitrogen and oxygen atoms in total. The molecule has 0 saturated carbocycles. The van der Waals surface area contributed by atoms with E-state index in [0.29, 0.717) is 13.1 Å². The predicted molar refractivity (Wildman–Crippen MR) is 102 cm³/mol. The van der Waals surface area contributed by atoms with Crippen LogP contribution in [0.25, 0.3) is 11.0 Å². The van der Waals surface area contributed by atoms with E-state index in [4.69, 9.17) is 5.73 Å². The minimum absolute atomic E-state index is 0. The van der Waals surface area contributed by atoms with Gasteiger partial charge in [0.25, 0.3) is 0 Å². The molecule has 1 unspecified atom stereocenters. The molecule has 0 bridgehead atoms. The summed E-state index contributed by atoms with van der Waals surface area (Å²) in [5.74, 6) is 0.0492. The second-order valence-electron chi connectivity index (χ2n) is 6.62. The molecule has 1 aromatic heterocycles. The minimum Gasteiger partial charge on any atom is -0.341 e. The highest BCUT2D eigenvalue weighted by atomic mass is 35.5. The summed E-state index contributed by atoms with van der Waals surface area (Å²) in [4.78, 5) is 29.5. The second kappa shape index (κ2) is 8.54. The molecule has 2 aromatic rings. The lowest BCUT2D eigenvalue weighted by Crippen LogP contribution is -2.47. The van der Waals surface area contributed by atoms with Crippen molar-refractivity contribution in [3.8, 4) is 0 Å². The summed E-state index contributed by atoms with van der Waals surface area (Å²) < 4.78 is 1.84. The smallest absolute Gasteiger partial charge is 0.326 e. The lowest BCUT2D eigenvalue weighted by atomic mass is 10.0. The number of fused-ring (bicyclic) bond motifs is 1. The van der Waals surface area contributed by atoms with Gasteiger partial charge in [0.15, 0.2) is 0 Å². The normalized spacial score (nSPS) is 16.6. The maximum atomic E-state index is 12.4. The Hall–Kier alpha value is -1.79. The van der Waals surface area contributed by atoms with Gasteiger partial charge in [0, 0.05) is 19.1 Å². The number of para-hydroxylation sites is 2. The molecule has 1 saturated heterocycles. The average Bonchev–Trinajstić information content (AvgIpc) is 2.95. The summed E-state index contributed by atoms with van der Waals surface area (Å²) in [5, 5.41) is 0. The number of carbonyl (C=O) groups excluding carboxylic acids is 1. The Morgan fingerprint density at radius 3 is 2.68 bits per heavy atom. The summed E-state index contributed by atoms with van der Waals surface area (Å²) in [6.45, 7) is 3.42. The van der Waals surface area contributed by atoms with Crippen LogP contribution >= 0.6 is 12.4 Å². The van der Waals surface area contributed by atoms with Gasteiger partial charge in [-0.2, -0.15) is 0 Å². The van der Waals surface area contributed by atoms with Crippen LogP contribution in [0.1, 0.15) is 45.1 Å². The van der Waals surface area contributed by atoms with Crippen LogP contribution in [-0.2, 0) is 4.79 Å². The fraction of sp³-hybridized carbons (Fsp3) is 0.556. The first-order valence-corrected chi connectivity index (χ1v) is 8.85. The molecule has 3 rings (SSSR count). The molecule has 1 atom stereocenters. The Bertz CT molecular complexity index is 762. The lowest BCUT2D eigenvalue weighted by molar-refractivity contribution is -0.134. The Labute approximate surface area is 153 Å². The van der Waals surface area contributed by atoms with E-state index in [2.05, 4.69) is 11.9 Å². The molecule has 0 spiro atoms. The molecular weight excluding hydrogens is 340 g/mol. The number of aromatic amines is 1. The number of imidazole rings is 1. The molecule has 1 amide bonds. The molecule has 2 heterocycles. The van der Waals surface area contributed by atoms with Gasteiger partial charge in [-0.3, -0.25) is 9.36 Å². The van der Waals surface area contributed by atoms with Gasteiger partial charge in [-0.1, -0.05) is 31.9 Å². The molecule has 1 fully saturated rings. The zero-order valence-corrected chi connectivity index (χ0v) is 15.4. The number of halogens is 1. The standard InChI is InChI=1S/C18H26N4O2.ClH/c1-2-3-6-14(19)17(23)21-11-9-13(10-12-21)22-16-8-5-4-7-15(16)20-18(22)24;/h4-5,7-8,13-14H,2-3,6,9-12,19H2,1H3,(H,20,24);1H. The molecule has 1 aromatic carbocycles. The topological polar surface area (TPSA) is 84.1 Å². The van der Waals surface area contributed by atoms with Crippen molar-refractivity contribution in [1.82, 2.24) is 14.5 Å². The van der Waals surface area contributed by atoms with E-state index in [9.17, 15) is 9.59 Å². The van der Waals surface area contributed by atoms with Crippen LogP contribution in [0.15, 0.2) is 29.1 Å². The Morgan fingerprint density at radius 1 is 1.32 bits per heavy atom. The number of unbranched alkanes of at least 4 members (excludes halogenated alkanes) is 1. The quantitative estimate of drug-likeness (QED) is 0.852. The first-order chi connectivity index (χ1) is 11.6. The number of benzene rings is 1. The summed E-state index contributed by atoms with van der Waals surface area (Å²) >= 11 is 0. The Balaban J connectivity index is 0.00000225. The highest BCUT2D eigenvalue weighted by Crippen LogP contribution is 2.25. The van der Waals surface area contributed by atoms with Gasteiger partial charge >= 0.3 is 5.69 Å². The van der Waals surface area contributed by atoms with Crippen molar-refractivity contribution in [2.75, 3.05) is 13.1 Å². The maximum absolute atomic E-state index is 12.4. The fourth-order valence-electron chi connectivity index (χ4n) is 3.56. The number of hydrogen-bond acceptors (Lipinski definition) is 3. The van der Waals surface area contributed by atoms with E-state index in [0.717, 1.165) is 43.1 Å². The van der Waals surface area contributed by atoms with Crippen molar-refractivity contribution >= 4 is 29.3 Å². The minimum atomic E-state index is -0.391. The van der Waals surface area contributed by atoms with Gasteiger partial charge in [0.05, 0.1) is 17.1 Å². The van der Waals surface area contributed by atoms with Crippen LogP contribution in [0, 0.1) is 0 Å². The van der Waals surface area contributed by atoms with E-state index in [1.165, 1.54) is 0 Å². The SMILES string of the molecule is CCCCC(N)C(=O)N1CCC(n2c(=O)[nH]c3ccccc32)CC1.Cl. The summed E-state index contributed by atoms with van der Waals surface area (Å²) in [6, 6.07) is 7.48. The lowest BCUT2D eigenvalue weighted by Gasteiger charge is -2.34. The van der Waals surface area contributed by atoms with Crippen molar-refractivity contribution in [3.05, 3.63) is 34.7 Å². The molecule has 1 aliphatic rings. The molecule has 25 heavy (non-hydrogen) atoms. The van der Waals surface area contributed by atoms with Gasteiger partial charge in [-0.25, -0.2) is 4.79 Å². The summed E-state index contributed by atoms with van der Waals surface area (Å²) in [7, 11) is 0. The average molecular weight is 367 g/mol. The first-order valence-electron chi connectivity index (χ1n) is 8.85. The number of rotatable bonds is 5. The number of carbonyl (C=O) groups is 1. The molecular formula is C18H27ClN4O2. The van der Waals surface area contributed by atoms with Crippen LogP contribution in [-0.4, -0.2) is 39.5 Å². The van der Waals surface area contributed by atoms with Gasteiger partial charge in [0.1, 0.15) is 0 Å². The van der Waals surface area contributed by atoms with Crippen LogP contribution in [0.4, 0.5) is 0 Å². The second-order valence-corrected chi connectivity index (χ2v) is 6.62. The van der Waals surface area contributed by atoms with Crippen LogP contribution < -0.4 is 11.4 Å². The number of aromatic nitrogens is 2. The Morgan fingerprint density at radius 2 is 2.00 bits per heavy atom. The number of nitrogens with one attached hydrogen (secondary N) is 1. The van der Waals surface area contributed by atoms with Crippen molar-refractivity contribution in [2.24, 2.45) is 5.73 Å². The highest BCUT2D eigenvalue weighted by Gasteiger charge is 2.28.